The first-order chi connectivity index (χ1) is 11.1. The number of carboxylic acids is 1. The van der Waals surface area contributed by atoms with Crippen LogP contribution in [0.2, 0.25) is 0 Å². The van der Waals surface area contributed by atoms with Crippen molar-refractivity contribution < 1.29 is 59.9 Å². The fraction of sp³-hybridized carbons (Fsp3) is 0.833. The number of hydrogen-bond donors (Lipinski definition) is 8. The highest BCUT2D eigenvalue weighted by molar-refractivity contribution is 5.73. The van der Waals surface area contributed by atoms with Gasteiger partial charge in [0.15, 0.2) is 18.7 Å². The van der Waals surface area contributed by atoms with Gasteiger partial charge in [0.05, 0.1) is 6.61 Å². The van der Waals surface area contributed by atoms with E-state index in [0.29, 0.717) is 0 Å². The zero-order chi connectivity index (χ0) is 18.6. The van der Waals surface area contributed by atoms with Gasteiger partial charge in [-0.15, -0.1) is 0 Å². The Morgan fingerprint density at radius 1 is 1.04 bits per heavy atom. The van der Waals surface area contributed by atoms with Crippen molar-refractivity contribution in [3.63, 3.8) is 0 Å². The number of aliphatic hydroxyl groups is 7. The highest BCUT2D eigenvalue weighted by atomic mass is 16.7. The largest absolute Gasteiger partial charge is 0.479 e. The molecule has 1 rings (SSSR count). The Labute approximate surface area is 135 Å². The van der Waals surface area contributed by atoms with E-state index in [4.69, 9.17) is 19.7 Å². The van der Waals surface area contributed by atoms with Crippen LogP contribution in [-0.2, 0) is 19.1 Å². The number of carbonyl (C=O) groups excluding carboxylic acids is 1. The lowest BCUT2D eigenvalue weighted by atomic mass is 9.99. The Morgan fingerprint density at radius 2 is 1.62 bits per heavy atom. The molecule has 1 fully saturated rings. The van der Waals surface area contributed by atoms with Gasteiger partial charge in [0.1, 0.15) is 42.7 Å². The summed E-state index contributed by atoms with van der Waals surface area (Å²) in [5.74, 6) is -1.63. The lowest BCUT2D eigenvalue weighted by Crippen LogP contribution is -2.60. The van der Waals surface area contributed by atoms with Gasteiger partial charge in [0.2, 0.25) is 0 Å². The van der Waals surface area contributed by atoms with E-state index in [0.717, 1.165) is 0 Å². The van der Waals surface area contributed by atoms with Crippen LogP contribution >= 0.6 is 0 Å². The average Bonchev–Trinajstić information content (AvgIpc) is 2.56. The predicted molar refractivity (Wildman–Crippen MR) is 70.4 cm³/mol. The molecule has 0 spiro atoms. The topological polar surface area (TPSA) is 214 Å². The molecule has 1 heterocycles. The van der Waals surface area contributed by atoms with Gasteiger partial charge in [-0.2, -0.15) is 0 Å². The molecule has 0 aromatic rings. The molecule has 8 N–H and O–H groups in total. The van der Waals surface area contributed by atoms with Gasteiger partial charge in [-0.05, 0) is 0 Å². The molecule has 0 radical (unpaired) electrons. The molecule has 0 amide bonds. The molecule has 0 bridgehead atoms. The minimum Gasteiger partial charge on any atom is -0.479 e. The van der Waals surface area contributed by atoms with Gasteiger partial charge >= 0.3 is 5.97 Å². The molecular formula is C12H20O12. The molecule has 1 saturated heterocycles. The molecule has 12 heteroatoms. The van der Waals surface area contributed by atoms with Crippen LogP contribution in [0.5, 0.6) is 0 Å². The smallest absolute Gasteiger partial charge is 0.335 e. The Bertz CT molecular complexity index is 430. The summed E-state index contributed by atoms with van der Waals surface area (Å²) in [7, 11) is 0. The van der Waals surface area contributed by atoms with Crippen LogP contribution < -0.4 is 0 Å². The van der Waals surface area contributed by atoms with Crippen molar-refractivity contribution in [1.82, 2.24) is 0 Å². The first-order valence-corrected chi connectivity index (χ1v) is 6.83. The highest BCUT2D eigenvalue weighted by Gasteiger charge is 2.47. The summed E-state index contributed by atoms with van der Waals surface area (Å²) in [6.07, 6.45) is -17.2. The van der Waals surface area contributed by atoms with Crippen LogP contribution in [-0.4, -0.2) is 115 Å². The zero-order valence-corrected chi connectivity index (χ0v) is 12.2. The van der Waals surface area contributed by atoms with E-state index < -0.39 is 67.7 Å². The van der Waals surface area contributed by atoms with E-state index in [1.165, 1.54) is 0 Å². The van der Waals surface area contributed by atoms with Gasteiger partial charge in [-0.1, -0.05) is 0 Å². The third kappa shape index (κ3) is 4.66. The van der Waals surface area contributed by atoms with Gasteiger partial charge in [-0.25, -0.2) is 4.79 Å². The second kappa shape index (κ2) is 8.75. The number of hydrogen-bond acceptors (Lipinski definition) is 11. The van der Waals surface area contributed by atoms with Crippen molar-refractivity contribution in [3.8, 4) is 0 Å². The van der Waals surface area contributed by atoms with Crippen molar-refractivity contribution in [1.29, 1.82) is 0 Å². The minimum atomic E-state index is -2.02. The number of rotatable bonds is 8. The molecule has 0 saturated carbocycles. The van der Waals surface area contributed by atoms with Crippen LogP contribution in [0, 0.1) is 0 Å². The van der Waals surface area contributed by atoms with Crippen molar-refractivity contribution >= 4 is 12.3 Å². The molecule has 1 aliphatic heterocycles. The van der Waals surface area contributed by atoms with Crippen LogP contribution in [0.1, 0.15) is 0 Å². The van der Waals surface area contributed by atoms with Crippen molar-refractivity contribution in [2.24, 2.45) is 0 Å². The standard InChI is InChI=1S/C12H20O12/c13-1-3(14)5(16)6(17)4(15)2-23-12-9(20)7(18)8(19)10(24-12)11(21)22/h1,3-10,12,14-20H,2H2,(H,21,22)/t3-,4+,5+,6+,7-,8-,9+,10-,12-/m0/s1. The van der Waals surface area contributed by atoms with Gasteiger partial charge in [0.25, 0.3) is 0 Å². The number of aldehydes is 1. The third-order valence-electron chi connectivity index (χ3n) is 3.48. The molecule has 9 atom stereocenters. The number of carboxylic acid groups (broad SMARTS) is 1. The third-order valence-corrected chi connectivity index (χ3v) is 3.48. The van der Waals surface area contributed by atoms with Crippen LogP contribution in [0.15, 0.2) is 0 Å². The summed E-state index contributed by atoms with van der Waals surface area (Å²) in [6, 6.07) is 0. The van der Waals surface area contributed by atoms with Crippen molar-refractivity contribution in [3.05, 3.63) is 0 Å². The van der Waals surface area contributed by atoms with Gasteiger partial charge in [0, 0.05) is 0 Å². The van der Waals surface area contributed by atoms with E-state index in [1.54, 1.807) is 0 Å². The second-order valence-electron chi connectivity index (χ2n) is 5.24. The minimum absolute atomic E-state index is 0.0648. The number of carbonyl (C=O) groups is 2. The normalized spacial score (nSPS) is 35.7. The summed E-state index contributed by atoms with van der Waals surface area (Å²) in [5, 5.41) is 75.1. The van der Waals surface area contributed by atoms with E-state index in [-0.39, 0.29) is 6.29 Å². The fourth-order valence-electron chi connectivity index (χ4n) is 1.99. The van der Waals surface area contributed by atoms with Gasteiger partial charge < -0.3 is 55.1 Å². The molecule has 0 aromatic carbocycles. The summed E-state index contributed by atoms with van der Waals surface area (Å²) >= 11 is 0. The number of ether oxygens (including phenoxy) is 2. The molecule has 12 nitrogen and oxygen atoms in total. The molecule has 1 aliphatic rings. The number of aliphatic hydroxyl groups excluding tert-OH is 7. The highest BCUT2D eigenvalue weighted by Crippen LogP contribution is 2.22. The zero-order valence-electron chi connectivity index (χ0n) is 12.2. The molecule has 0 aliphatic carbocycles. The Kier molecular flexibility index (Phi) is 7.59. The molecular weight excluding hydrogens is 336 g/mol. The molecule has 140 valence electrons. The first kappa shape index (κ1) is 20.8. The van der Waals surface area contributed by atoms with Crippen molar-refractivity contribution in [2.45, 2.75) is 55.1 Å². The quantitative estimate of drug-likeness (QED) is 0.191. The van der Waals surface area contributed by atoms with E-state index in [1.807, 2.05) is 0 Å². The van der Waals surface area contributed by atoms with Gasteiger partial charge in [-0.3, -0.25) is 0 Å². The second-order valence-corrected chi connectivity index (χ2v) is 5.24. The van der Waals surface area contributed by atoms with E-state index in [2.05, 4.69) is 0 Å². The average molecular weight is 356 g/mol. The molecule has 24 heavy (non-hydrogen) atoms. The summed E-state index contributed by atoms with van der Waals surface area (Å²) in [6.45, 7) is -0.819. The lowest BCUT2D eigenvalue weighted by molar-refractivity contribution is -0.299. The van der Waals surface area contributed by atoms with E-state index >= 15 is 0 Å². The maximum absolute atomic E-state index is 10.9. The fourth-order valence-corrected chi connectivity index (χ4v) is 1.99. The Balaban J connectivity index is 2.64. The monoisotopic (exact) mass is 356 g/mol. The SMILES string of the molecule is O=C[C@H](O)[C@@H](O)[C@H](O)[C@H](O)CO[C@H]1O[C@H](C(=O)O)[C@@H](O)[C@H](O)[C@H]1O. The summed E-state index contributed by atoms with van der Waals surface area (Å²) in [4.78, 5) is 21.2. The summed E-state index contributed by atoms with van der Waals surface area (Å²) in [5.41, 5.74) is 0. The Hall–Kier alpha value is -1.22. The number of aliphatic carboxylic acids is 1. The Morgan fingerprint density at radius 3 is 2.12 bits per heavy atom. The van der Waals surface area contributed by atoms with Crippen LogP contribution in [0.4, 0.5) is 0 Å². The first-order valence-electron chi connectivity index (χ1n) is 6.83. The predicted octanol–water partition coefficient (Wildman–Crippen LogP) is -5.46. The maximum atomic E-state index is 10.9. The molecule has 0 aromatic heterocycles. The van der Waals surface area contributed by atoms with Crippen LogP contribution in [0.3, 0.4) is 0 Å². The van der Waals surface area contributed by atoms with E-state index in [9.17, 15) is 40.2 Å². The summed E-state index contributed by atoms with van der Waals surface area (Å²) < 4.78 is 9.60. The lowest BCUT2D eigenvalue weighted by Gasteiger charge is -2.38. The molecule has 0 unspecified atom stereocenters. The van der Waals surface area contributed by atoms with Crippen LogP contribution in [0.25, 0.3) is 0 Å². The van der Waals surface area contributed by atoms with Crippen molar-refractivity contribution in [2.75, 3.05) is 6.61 Å². The maximum Gasteiger partial charge on any atom is 0.335 e.